The molecule has 0 aliphatic carbocycles. The SMILES string of the molecule is O=S(=O)(C=Cc1ccccc1F)C=Cc1ccccc1F. The summed E-state index contributed by atoms with van der Waals surface area (Å²) >= 11 is 0. The zero-order valence-electron chi connectivity index (χ0n) is 10.9. The van der Waals surface area contributed by atoms with Gasteiger partial charge in [0.2, 0.25) is 0 Å². The molecule has 0 unspecified atom stereocenters. The smallest absolute Gasteiger partial charge is 0.193 e. The molecular formula is C16H12F2O2S. The second kappa shape index (κ2) is 6.45. The van der Waals surface area contributed by atoms with Crippen LogP contribution in [0.5, 0.6) is 0 Å². The molecule has 0 aliphatic rings. The van der Waals surface area contributed by atoms with Gasteiger partial charge in [-0.15, -0.1) is 0 Å². The van der Waals surface area contributed by atoms with E-state index >= 15 is 0 Å². The lowest BCUT2D eigenvalue weighted by Crippen LogP contribution is -1.89. The Kier molecular flexibility index (Phi) is 4.65. The van der Waals surface area contributed by atoms with Crippen molar-refractivity contribution in [3.8, 4) is 0 Å². The summed E-state index contributed by atoms with van der Waals surface area (Å²) in [6, 6.07) is 11.6. The summed E-state index contributed by atoms with van der Waals surface area (Å²) in [5.74, 6) is -1.02. The number of benzene rings is 2. The van der Waals surface area contributed by atoms with Gasteiger partial charge in [0.1, 0.15) is 11.6 Å². The largest absolute Gasteiger partial charge is 0.220 e. The molecule has 0 amide bonds. The van der Waals surface area contributed by atoms with Gasteiger partial charge in [-0.25, -0.2) is 17.2 Å². The van der Waals surface area contributed by atoms with Crippen LogP contribution in [-0.2, 0) is 9.84 Å². The van der Waals surface area contributed by atoms with Gasteiger partial charge >= 0.3 is 0 Å². The number of sulfone groups is 1. The molecule has 0 spiro atoms. The van der Waals surface area contributed by atoms with Crippen LogP contribution in [0.25, 0.3) is 12.2 Å². The fourth-order valence-electron chi connectivity index (χ4n) is 1.60. The predicted molar refractivity (Wildman–Crippen MR) is 79.8 cm³/mol. The molecule has 21 heavy (non-hydrogen) atoms. The van der Waals surface area contributed by atoms with Gasteiger partial charge < -0.3 is 0 Å². The molecule has 108 valence electrons. The number of hydrogen-bond acceptors (Lipinski definition) is 2. The molecule has 0 heterocycles. The molecule has 0 fully saturated rings. The standard InChI is InChI=1S/C16H12F2O2S/c17-15-7-3-1-5-13(15)9-11-21(19,20)12-10-14-6-2-4-8-16(14)18/h1-12H. The van der Waals surface area contributed by atoms with Gasteiger partial charge in [-0.2, -0.15) is 0 Å². The van der Waals surface area contributed by atoms with Crippen LogP contribution in [0.4, 0.5) is 8.78 Å². The van der Waals surface area contributed by atoms with Crippen LogP contribution in [-0.4, -0.2) is 8.42 Å². The van der Waals surface area contributed by atoms with E-state index in [1.165, 1.54) is 36.4 Å². The number of hydrogen-bond donors (Lipinski definition) is 0. The van der Waals surface area contributed by atoms with E-state index in [-0.39, 0.29) is 11.1 Å². The van der Waals surface area contributed by atoms with Crippen molar-refractivity contribution in [3.05, 3.63) is 82.1 Å². The van der Waals surface area contributed by atoms with Crippen LogP contribution >= 0.6 is 0 Å². The van der Waals surface area contributed by atoms with E-state index in [0.29, 0.717) is 0 Å². The van der Waals surface area contributed by atoms with Gasteiger partial charge in [0.25, 0.3) is 0 Å². The molecule has 0 atom stereocenters. The molecule has 2 aromatic rings. The minimum absolute atomic E-state index is 0.167. The second-order valence-corrected chi connectivity index (χ2v) is 5.96. The lowest BCUT2D eigenvalue weighted by molar-refractivity contribution is 0.613. The van der Waals surface area contributed by atoms with Gasteiger partial charge in [-0.05, 0) is 24.3 Å². The van der Waals surface area contributed by atoms with Crippen LogP contribution < -0.4 is 0 Å². The van der Waals surface area contributed by atoms with Gasteiger partial charge in [0.15, 0.2) is 9.84 Å². The Bertz CT molecular complexity index is 732. The summed E-state index contributed by atoms with van der Waals surface area (Å²) in [5, 5.41) is 1.76. The maximum absolute atomic E-state index is 13.4. The maximum atomic E-state index is 13.4. The third-order valence-electron chi connectivity index (χ3n) is 2.69. The molecule has 0 bridgehead atoms. The van der Waals surface area contributed by atoms with Crippen molar-refractivity contribution in [2.24, 2.45) is 0 Å². The van der Waals surface area contributed by atoms with Crippen molar-refractivity contribution < 1.29 is 17.2 Å². The van der Waals surface area contributed by atoms with E-state index in [2.05, 4.69) is 0 Å². The Hall–Kier alpha value is -2.27. The van der Waals surface area contributed by atoms with Crippen molar-refractivity contribution in [2.45, 2.75) is 0 Å². The van der Waals surface area contributed by atoms with E-state index < -0.39 is 21.5 Å². The van der Waals surface area contributed by atoms with Crippen LogP contribution in [0.15, 0.2) is 59.3 Å². The van der Waals surface area contributed by atoms with E-state index in [9.17, 15) is 17.2 Å². The third kappa shape index (κ3) is 4.36. The van der Waals surface area contributed by atoms with Crippen molar-refractivity contribution in [2.75, 3.05) is 0 Å². The van der Waals surface area contributed by atoms with Crippen LogP contribution in [0.2, 0.25) is 0 Å². The third-order valence-corrected chi connectivity index (χ3v) is 3.72. The zero-order chi connectivity index (χ0) is 15.3. The highest BCUT2D eigenvalue weighted by Gasteiger charge is 2.03. The Morgan fingerprint density at radius 1 is 0.714 bits per heavy atom. The molecule has 2 rings (SSSR count). The lowest BCUT2D eigenvalue weighted by Gasteiger charge is -1.96. The average molecular weight is 306 g/mol. The molecule has 0 aliphatic heterocycles. The maximum Gasteiger partial charge on any atom is 0.193 e. The topological polar surface area (TPSA) is 34.1 Å². The predicted octanol–water partition coefficient (Wildman–Crippen LogP) is 4.02. The Morgan fingerprint density at radius 3 is 1.48 bits per heavy atom. The van der Waals surface area contributed by atoms with Gasteiger partial charge in [-0.3, -0.25) is 0 Å². The van der Waals surface area contributed by atoms with Crippen molar-refractivity contribution in [3.63, 3.8) is 0 Å². The molecule has 2 aromatic carbocycles. The molecule has 2 nitrogen and oxygen atoms in total. The molecule has 0 saturated heterocycles. The first-order valence-electron chi connectivity index (χ1n) is 6.08. The highest BCUT2D eigenvalue weighted by atomic mass is 32.2. The summed E-state index contributed by atoms with van der Waals surface area (Å²) in [7, 11) is -3.71. The fraction of sp³-hybridized carbons (Fsp3) is 0. The molecular weight excluding hydrogens is 294 g/mol. The normalized spacial score (nSPS) is 12.3. The first-order chi connectivity index (χ1) is 9.98. The van der Waals surface area contributed by atoms with Crippen molar-refractivity contribution >= 4 is 22.0 Å². The molecule has 0 radical (unpaired) electrons. The van der Waals surface area contributed by atoms with E-state index in [1.807, 2.05) is 0 Å². The van der Waals surface area contributed by atoms with Crippen molar-refractivity contribution in [1.82, 2.24) is 0 Å². The Morgan fingerprint density at radius 2 is 1.10 bits per heavy atom. The van der Waals surface area contributed by atoms with Crippen LogP contribution in [0, 0.1) is 11.6 Å². The van der Waals surface area contributed by atoms with Gasteiger partial charge in [-0.1, -0.05) is 36.4 Å². The summed E-state index contributed by atoms with van der Waals surface area (Å²) in [5.41, 5.74) is 0.334. The Balaban J connectivity index is 2.20. The summed E-state index contributed by atoms with van der Waals surface area (Å²) in [6.45, 7) is 0. The number of halogens is 2. The van der Waals surface area contributed by atoms with Crippen LogP contribution in [0.1, 0.15) is 11.1 Å². The molecule has 5 heteroatoms. The summed E-state index contributed by atoms with van der Waals surface area (Å²) in [6.07, 6.45) is 2.33. The minimum atomic E-state index is -3.71. The van der Waals surface area contributed by atoms with Gasteiger partial charge in [0, 0.05) is 21.9 Å². The van der Waals surface area contributed by atoms with E-state index in [4.69, 9.17) is 0 Å². The van der Waals surface area contributed by atoms with Gasteiger partial charge in [0.05, 0.1) is 0 Å². The summed E-state index contributed by atoms with van der Waals surface area (Å²) in [4.78, 5) is 0. The molecule has 0 N–H and O–H groups in total. The quantitative estimate of drug-likeness (QED) is 0.855. The first kappa shape index (κ1) is 15.1. The lowest BCUT2D eigenvalue weighted by atomic mass is 10.2. The molecule has 0 saturated carbocycles. The summed E-state index contributed by atoms with van der Waals surface area (Å²) < 4.78 is 50.3. The van der Waals surface area contributed by atoms with Crippen LogP contribution in [0.3, 0.4) is 0 Å². The Labute approximate surface area is 122 Å². The zero-order valence-corrected chi connectivity index (χ0v) is 11.7. The van der Waals surface area contributed by atoms with E-state index in [1.54, 1.807) is 12.1 Å². The molecule has 0 aromatic heterocycles. The monoisotopic (exact) mass is 306 g/mol. The first-order valence-corrected chi connectivity index (χ1v) is 7.69. The highest BCUT2D eigenvalue weighted by Crippen LogP contribution is 2.12. The second-order valence-electron chi connectivity index (χ2n) is 4.24. The van der Waals surface area contributed by atoms with E-state index in [0.717, 1.165) is 23.0 Å². The minimum Gasteiger partial charge on any atom is -0.220 e. The number of rotatable bonds is 4. The van der Waals surface area contributed by atoms with Crippen molar-refractivity contribution in [1.29, 1.82) is 0 Å². The average Bonchev–Trinajstić information content (AvgIpc) is 2.46. The highest BCUT2D eigenvalue weighted by molar-refractivity contribution is 7.97. The fourth-order valence-corrected chi connectivity index (χ4v) is 2.37.